The topological polar surface area (TPSA) is 94.9 Å². The Labute approximate surface area is 190 Å². The first kappa shape index (κ1) is 22.5. The molecule has 170 valence electrons. The fourth-order valence-corrected chi connectivity index (χ4v) is 3.78. The Morgan fingerprint density at radius 2 is 1.91 bits per heavy atom. The zero-order valence-corrected chi connectivity index (χ0v) is 18.1. The number of hydrogen-bond acceptors (Lipinski definition) is 5. The summed E-state index contributed by atoms with van der Waals surface area (Å²) in [5.74, 6) is -0.612. The van der Waals surface area contributed by atoms with Gasteiger partial charge in [-0.2, -0.15) is 0 Å². The Hall–Kier alpha value is -3.68. The molecule has 7 heteroatoms. The van der Waals surface area contributed by atoms with E-state index in [1.165, 1.54) is 18.2 Å². The molecular formula is C26H24FNO5. The van der Waals surface area contributed by atoms with E-state index in [9.17, 15) is 9.18 Å². The number of furan rings is 1. The molecule has 0 spiro atoms. The van der Waals surface area contributed by atoms with Gasteiger partial charge in [-0.1, -0.05) is 24.3 Å². The Morgan fingerprint density at radius 3 is 2.67 bits per heavy atom. The van der Waals surface area contributed by atoms with Gasteiger partial charge in [0.2, 0.25) is 0 Å². The Balaban J connectivity index is 1.73. The van der Waals surface area contributed by atoms with Crippen LogP contribution in [-0.4, -0.2) is 18.2 Å². The normalized spacial score (nSPS) is 11.1. The molecule has 0 aliphatic heterocycles. The van der Waals surface area contributed by atoms with E-state index in [1.54, 1.807) is 7.11 Å². The van der Waals surface area contributed by atoms with Crippen LogP contribution in [0.25, 0.3) is 22.1 Å². The Morgan fingerprint density at radius 1 is 1.06 bits per heavy atom. The predicted octanol–water partition coefficient (Wildman–Crippen LogP) is 5.05. The first-order chi connectivity index (χ1) is 16.0. The van der Waals surface area contributed by atoms with Crippen LogP contribution in [0.2, 0.25) is 0 Å². The summed E-state index contributed by atoms with van der Waals surface area (Å²) in [4.78, 5) is 11.2. The van der Waals surface area contributed by atoms with Crippen molar-refractivity contribution in [1.29, 1.82) is 0 Å². The minimum absolute atomic E-state index is 0.125. The van der Waals surface area contributed by atoms with Crippen LogP contribution in [0.15, 0.2) is 65.1 Å². The zero-order valence-electron chi connectivity index (χ0n) is 18.1. The van der Waals surface area contributed by atoms with Gasteiger partial charge in [-0.3, -0.25) is 4.79 Å². The predicted molar refractivity (Wildman–Crippen MR) is 122 cm³/mol. The second kappa shape index (κ2) is 9.85. The maximum atomic E-state index is 13.8. The van der Waals surface area contributed by atoms with E-state index in [4.69, 9.17) is 24.7 Å². The smallest absolute Gasteiger partial charge is 0.307 e. The summed E-state index contributed by atoms with van der Waals surface area (Å²) in [6.45, 7) is 0.879. The number of methoxy groups -OCH3 is 1. The van der Waals surface area contributed by atoms with Gasteiger partial charge in [0.15, 0.2) is 0 Å². The summed E-state index contributed by atoms with van der Waals surface area (Å²) in [5.41, 5.74) is 10.6. The first-order valence-corrected chi connectivity index (χ1v) is 10.4. The molecule has 4 rings (SSSR count). The fourth-order valence-electron chi connectivity index (χ4n) is 3.78. The number of fused-ring (bicyclic) bond motifs is 1. The standard InChI is InChI=1S/C26H24FNO5/c1-31-15-22-10-20-8-17(14-32-24-12-21(27)6-5-19(24)11-25(29)30)9-23(26(20)33-22)18-4-2-3-16(7-18)13-28/h2-10,12H,11,13-15,28H2,1H3,(H,29,30). The summed E-state index contributed by atoms with van der Waals surface area (Å²) >= 11 is 0. The van der Waals surface area contributed by atoms with Crippen molar-refractivity contribution in [3.8, 4) is 16.9 Å². The van der Waals surface area contributed by atoms with Crippen molar-refractivity contribution < 1.29 is 28.2 Å². The molecule has 0 atom stereocenters. The fraction of sp³-hybridized carbons (Fsp3) is 0.192. The summed E-state index contributed by atoms with van der Waals surface area (Å²) in [6, 6.07) is 17.5. The van der Waals surface area contributed by atoms with Crippen molar-refractivity contribution in [2.24, 2.45) is 5.73 Å². The maximum Gasteiger partial charge on any atom is 0.307 e. The van der Waals surface area contributed by atoms with Gasteiger partial charge >= 0.3 is 5.97 Å². The van der Waals surface area contributed by atoms with Gasteiger partial charge in [-0.05, 0) is 47.0 Å². The third kappa shape index (κ3) is 5.22. The number of carboxylic acid groups (broad SMARTS) is 1. The van der Waals surface area contributed by atoms with Crippen LogP contribution in [0.3, 0.4) is 0 Å². The van der Waals surface area contributed by atoms with Crippen LogP contribution in [0.4, 0.5) is 4.39 Å². The molecule has 3 aromatic carbocycles. The molecule has 0 unspecified atom stereocenters. The van der Waals surface area contributed by atoms with E-state index in [-0.39, 0.29) is 18.8 Å². The van der Waals surface area contributed by atoms with E-state index in [2.05, 4.69) is 0 Å². The molecule has 1 heterocycles. The molecule has 4 aromatic rings. The number of hydrogen-bond donors (Lipinski definition) is 2. The molecule has 0 aliphatic carbocycles. The van der Waals surface area contributed by atoms with Gasteiger partial charge in [-0.15, -0.1) is 0 Å². The largest absolute Gasteiger partial charge is 0.488 e. The van der Waals surface area contributed by atoms with E-state index in [0.29, 0.717) is 24.5 Å². The van der Waals surface area contributed by atoms with E-state index in [0.717, 1.165) is 33.2 Å². The van der Waals surface area contributed by atoms with Gasteiger partial charge in [-0.25, -0.2) is 4.39 Å². The third-order valence-electron chi connectivity index (χ3n) is 5.25. The molecule has 0 saturated heterocycles. The van der Waals surface area contributed by atoms with Crippen LogP contribution >= 0.6 is 0 Å². The van der Waals surface area contributed by atoms with Crippen LogP contribution in [0.1, 0.15) is 22.5 Å². The lowest BCUT2D eigenvalue weighted by Crippen LogP contribution is -2.05. The van der Waals surface area contributed by atoms with Crippen LogP contribution in [-0.2, 0) is 35.7 Å². The minimum atomic E-state index is -1.01. The first-order valence-electron chi connectivity index (χ1n) is 10.4. The zero-order chi connectivity index (χ0) is 23.4. The number of nitrogens with two attached hydrogens (primary N) is 1. The van der Waals surface area contributed by atoms with E-state index < -0.39 is 11.8 Å². The van der Waals surface area contributed by atoms with Gasteiger partial charge in [0.05, 0.1) is 6.42 Å². The van der Waals surface area contributed by atoms with Crippen molar-refractivity contribution >= 4 is 16.9 Å². The molecule has 6 nitrogen and oxygen atoms in total. The summed E-state index contributed by atoms with van der Waals surface area (Å²) in [7, 11) is 1.60. The molecule has 33 heavy (non-hydrogen) atoms. The minimum Gasteiger partial charge on any atom is -0.488 e. The number of ether oxygens (including phenoxy) is 2. The van der Waals surface area contributed by atoms with Gasteiger partial charge in [0.25, 0.3) is 0 Å². The van der Waals surface area contributed by atoms with Gasteiger partial charge in [0, 0.05) is 36.2 Å². The number of carbonyl (C=O) groups is 1. The highest BCUT2D eigenvalue weighted by Gasteiger charge is 2.15. The molecule has 3 N–H and O–H groups in total. The maximum absolute atomic E-state index is 13.8. The average molecular weight is 449 g/mol. The average Bonchev–Trinajstić information content (AvgIpc) is 3.21. The highest BCUT2D eigenvalue weighted by Crippen LogP contribution is 2.34. The van der Waals surface area contributed by atoms with Gasteiger partial charge in [0.1, 0.15) is 36.1 Å². The van der Waals surface area contributed by atoms with Crippen molar-refractivity contribution in [2.75, 3.05) is 7.11 Å². The third-order valence-corrected chi connectivity index (χ3v) is 5.25. The second-order valence-corrected chi connectivity index (χ2v) is 7.72. The molecule has 0 bridgehead atoms. The van der Waals surface area contributed by atoms with Crippen molar-refractivity contribution in [2.45, 2.75) is 26.2 Å². The molecule has 0 fully saturated rings. The molecule has 0 radical (unpaired) electrons. The molecule has 0 aliphatic rings. The number of halogens is 1. The lowest BCUT2D eigenvalue weighted by atomic mass is 9.99. The second-order valence-electron chi connectivity index (χ2n) is 7.72. The molecule has 1 aromatic heterocycles. The lowest BCUT2D eigenvalue weighted by molar-refractivity contribution is -0.136. The number of carboxylic acids is 1. The lowest BCUT2D eigenvalue weighted by Gasteiger charge is -2.12. The summed E-state index contributed by atoms with van der Waals surface area (Å²) < 4.78 is 30.9. The highest BCUT2D eigenvalue weighted by molar-refractivity contribution is 5.93. The van der Waals surface area contributed by atoms with Gasteiger partial charge < -0.3 is 24.7 Å². The highest BCUT2D eigenvalue weighted by atomic mass is 19.1. The van der Waals surface area contributed by atoms with E-state index in [1.807, 2.05) is 42.5 Å². The number of rotatable bonds is 9. The Bertz CT molecular complexity index is 1300. The molecule has 0 amide bonds. The van der Waals surface area contributed by atoms with Crippen LogP contribution in [0.5, 0.6) is 5.75 Å². The van der Waals surface area contributed by atoms with Crippen molar-refractivity contribution in [1.82, 2.24) is 0 Å². The quantitative estimate of drug-likeness (QED) is 0.371. The summed E-state index contributed by atoms with van der Waals surface area (Å²) in [6.07, 6.45) is -0.256. The SMILES string of the molecule is COCc1cc2cc(COc3cc(F)ccc3CC(=O)O)cc(-c3cccc(CN)c3)c2o1. The van der Waals surface area contributed by atoms with E-state index >= 15 is 0 Å². The number of aliphatic carboxylic acids is 1. The molecular weight excluding hydrogens is 425 g/mol. The Kier molecular flexibility index (Phi) is 6.72. The number of benzene rings is 3. The monoisotopic (exact) mass is 449 g/mol. The van der Waals surface area contributed by atoms with Crippen molar-refractivity contribution in [3.05, 3.63) is 88.9 Å². The van der Waals surface area contributed by atoms with Crippen molar-refractivity contribution in [3.63, 3.8) is 0 Å². The summed E-state index contributed by atoms with van der Waals surface area (Å²) in [5, 5.41) is 10.0. The van der Waals surface area contributed by atoms with Crippen LogP contribution in [0, 0.1) is 5.82 Å². The molecule has 0 saturated carbocycles. The van der Waals surface area contributed by atoms with Crippen LogP contribution < -0.4 is 10.5 Å².